The SMILES string of the molecule is Cc1cc(-c2csc3nc(C(C)C)n(Cc4cccc(C#N)c4)c(=O)c23)ccc1Cl. The minimum atomic E-state index is -0.0603. The Kier molecular flexibility index (Phi) is 5.46. The molecule has 4 rings (SSSR count). The molecule has 4 nitrogen and oxygen atoms in total. The lowest BCUT2D eigenvalue weighted by Crippen LogP contribution is -2.26. The molecule has 150 valence electrons. The molecule has 0 aliphatic carbocycles. The number of benzene rings is 2. The second-order valence-corrected chi connectivity index (χ2v) is 8.89. The van der Waals surface area contributed by atoms with Gasteiger partial charge in [0.05, 0.1) is 23.6 Å². The van der Waals surface area contributed by atoms with Crippen molar-refractivity contribution in [3.05, 3.63) is 85.7 Å². The summed E-state index contributed by atoms with van der Waals surface area (Å²) >= 11 is 7.67. The van der Waals surface area contributed by atoms with Gasteiger partial charge in [0.2, 0.25) is 0 Å². The highest BCUT2D eigenvalue weighted by atomic mass is 35.5. The monoisotopic (exact) mass is 433 g/mol. The van der Waals surface area contributed by atoms with Crippen LogP contribution in [0.5, 0.6) is 0 Å². The Balaban J connectivity index is 1.93. The Morgan fingerprint density at radius 2 is 2.03 bits per heavy atom. The zero-order chi connectivity index (χ0) is 21.4. The maximum Gasteiger partial charge on any atom is 0.263 e. The van der Waals surface area contributed by atoms with E-state index in [0.29, 0.717) is 22.5 Å². The highest BCUT2D eigenvalue weighted by molar-refractivity contribution is 7.17. The number of nitriles is 1. The van der Waals surface area contributed by atoms with Crippen molar-refractivity contribution in [3.63, 3.8) is 0 Å². The van der Waals surface area contributed by atoms with E-state index in [1.807, 2.05) is 62.5 Å². The van der Waals surface area contributed by atoms with Crippen LogP contribution in [0.2, 0.25) is 5.02 Å². The third-order valence-electron chi connectivity index (χ3n) is 5.11. The van der Waals surface area contributed by atoms with E-state index in [4.69, 9.17) is 16.6 Å². The number of fused-ring (bicyclic) bond motifs is 1. The van der Waals surface area contributed by atoms with Crippen LogP contribution in [0.25, 0.3) is 21.3 Å². The van der Waals surface area contributed by atoms with Gasteiger partial charge >= 0.3 is 0 Å². The molecule has 6 heteroatoms. The predicted octanol–water partition coefficient (Wildman–Crippen LogP) is 6.13. The van der Waals surface area contributed by atoms with Gasteiger partial charge in [0, 0.05) is 21.9 Å². The highest BCUT2D eigenvalue weighted by Crippen LogP contribution is 2.33. The molecule has 0 fully saturated rings. The summed E-state index contributed by atoms with van der Waals surface area (Å²) in [4.78, 5) is 19.3. The van der Waals surface area contributed by atoms with Gasteiger partial charge < -0.3 is 0 Å². The molecule has 0 bridgehead atoms. The summed E-state index contributed by atoms with van der Waals surface area (Å²) < 4.78 is 1.74. The lowest BCUT2D eigenvalue weighted by molar-refractivity contribution is 0.635. The van der Waals surface area contributed by atoms with Gasteiger partial charge in [0.25, 0.3) is 5.56 Å². The van der Waals surface area contributed by atoms with Crippen LogP contribution < -0.4 is 5.56 Å². The molecular weight excluding hydrogens is 414 g/mol. The molecule has 30 heavy (non-hydrogen) atoms. The summed E-state index contributed by atoms with van der Waals surface area (Å²) in [6, 6.07) is 15.3. The fraction of sp³-hybridized carbons (Fsp3) is 0.208. The zero-order valence-corrected chi connectivity index (χ0v) is 18.5. The van der Waals surface area contributed by atoms with E-state index in [9.17, 15) is 10.1 Å². The summed E-state index contributed by atoms with van der Waals surface area (Å²) in [5.41, 5.74) is 4.22. The van der Waals surface area contributed by atoms with Crippen molar-refractivity contribution in [1.82, 2.24) is 9.55 Å². The van der Waals surface area contributed by atoms with Crippen molar-refractivity contribution in [2.45, 2.75) is 33.2 Å². The Morgan fingerprint density at radius 1 is 1.23 bits per heavy atom. The summed E-state index contributed by atoms with van der Waals surface area (Å²) in [6.45, 7) is 6.40. The van der Waals surface area contributed by atoms with Crippen LogP contribution in [-0.4, -0.2) is 9.55 Å². The first kappa shape index (κ1) is 20.3. The number of rotatable bonds is 4. The van der Waals surface area contributed by atoms with Crippen LogP contribution in [0.1, 0.15) is 42.3 Å². The number of thiophene rings is 1. The molecule has 0 aliphatic rings. The number of aromatic nitrogens is 2. The Bertz CT molecular complexity index is 1360. The number of hydrogen-bond donors (Lipinski definition) is 0. The van der Waals surface area contributed by atoms with E-state index in [1.54, 1.807) is 10.6 Å². The molecule has 0 radical (unpaired) electrons. The van der Waals surface area contributed by atoms with Gasteiger partial charge in [-0.25, -0.2) is 4.98 Å². The van der Waals surface area contributed by atoms with Gasteiger partial charge in [-0.1, -0.05) is 43.6 Å². The largest absolute Gasteiger partial charge is 0.291 e. The molecule has 0 saturated carbocycles. The first-order chi connectivity index (χ1) is 14.4. The van der Waals surface area contributed by atoms with Crippen molar-refractivity contribution in [3.8, 4) is 17.2 Å². The molecule has 0 aliphatic heterocycles. The molecular formula is C24H20ClN3OS. The van der Waals surface area contributed by atoms with Crippen molar-refractivity contribution >= 4 is 33.2 Å². The second kappa shape index (κ2) is 8.06. The quantitative estimate of drug-likeness (QED) is 0.389. The fourth-order valence-corrected chi connectivity index (χ4v) is 4.64. The number of hydrogen-bond acceptors (Lipinski definition) is 4. The molecule has 2 heterocycles. The summed E-state index contributed by atoms with van der Waals surface area (Å²) in [5.74, 6) is 0.833. The third kappa shape index (κ3) is 3.65. The topological polar surface area (TPSA) is 58.7 Å². The minimum Gasteiger partial charge on any atom is -0.291 e. The summed E-state index contributed by atoms with van der Waals surface area (Å²) in [7, 11) is 0. The molecule has 0 N–H and O–H groups in total. The minimum absolute atomic E-state index is 0.0603. The third-order valence-corrected chi connectivity index (χ3v) is 6.40. The summed E-state index contributed by atoms with van der Waals surface area (Å²) in [5, 5.41) is 12.5. The van der Waals surface area contributed by atoms with E-state index in [-0.39, 0.29) is 11.5 Å². The Labute approximate surface area is 184 Å². The molecule has 0 saturated heterocycles. The standard InChI is InChI=1S/C24H20ClN3OS/c1-14(2)22-27-23-21(19(13-30-23)18-7-8-20(25)15(3)9-18)24(29)28(22)12-17-6-4-5-16(10-17)11-26/h4-10,13-14H,12H2,1-3H3. The lowest BCUT2D eigenvalue weighted by atomic mass is 10.0. The fourth-order valence-electron chi connectivity index (χ4n) is 3.58. The molecule has 0 atom stereocenters. The Hall–Kier alpha value is -2.94. The smallest absolute Gasteiger partial charge is 0.263 e. The van der Waals surface area contributed by atoms with E-state index >= 15 is 0 Å². The number of aryl methyl sites for hydroxylation is 1. The number of nitrogens with zero attached hydrogens (tertiary/aromatic N) is 3. The highest BCUT2D eigenvalue weighted by Gasteiger charge is 2.19. The van der Waals surface area contributed by atoms with Crippen LogP contribution in [0.4, 0.5) is 0 Å². The van der Waals surface area contributed by atoms with Gasteiger partial charge in [-0.15, -0.1) is 11.3 Å². The van der Waals surface area contributed by atoms with E-state index in [2.05, 4.69) is 6.07 Å². The van der Waals surface area contributed by atoms with Gasteiger partial charge in [0.1, 0.15) is 10.7 Å². The lowest BCUT2D eigenvalue weighted by Gasteiger charge is -2.15. The van der Waals surface area contributed by atoms with Gasteiger partial charge in [-0.05, 0) is 47.9 Å². The average Bonchev–Trinajstić information content (AvgIpc) is 3.16. The first-order valence-corrected chi connectivity index (χ1v) is 10.9. The molecule has 0 amide bonds. The zero-order valence-electron chi connectivity index (χ0n) is 16.9. The number of halogens is 1. The van der Waals surface area contributed by atoms with Gasteiger partial charge in [-0.3, -0.25) is 9.36 Å². The molecule has 0 spiro atoms. The molecule has 0 unspecified atom stereocenters. The maximum absolute atomic E-state index is 13.7. The average molecular weight is 434 g/mol. The van der Waals surface area contributed by atoms with Crippen molar-refractivity contribution in [2.75, 3.05) is 0 Å². The Morgan fingerprint density at radius 3 is 2.73 bits per heavy atom. The van der Waals surface area contributed by atoms with E-state index < -0.39 is 0 Å². The van der Waals surface area contributed by atoms with Crippen LogP contribution in [0.3, 0.4) is 0 Å². The normalized spacial score (nSPS) is 11.2. The van der Waals surface area contributed by atoms with Gasteiger partial charge in [0.15, 0.2) is 0 Å². The summed E-state index contributed by atoms with van der Waals surface area (Å²) in [6.07, 6.45) is 0. The van der Waals surface area contributed by atoms with Crippen molar-refractivity contribution in [2.24, 2.45) is 0 Å². The first-order valence-electron chi connectivity index (χ1n) is 9.66. The van der Waals surface area contributed by atoms with Crippen LogP contribution >= 0.6 is 22.9 Å². The van der Waals surface area contributed by atoms with Crippen LogP contribution in [0, 0.1) is 18.3 Å². The molecule has 2 aromatic heterocycles. The van der Waals surface area contributed by atoms with Gasteiger partial charge in [-0.2, -0.15) is 5.26 Å². The van der Waals surface area contributed by atoms with Crippen LogP contribution in [0.15, 0.2) is 52.6 Å². The maximum atomic E-state index is 13.7. The van der Waals surface area contributed by atoms with Crippen LogP contribution in [-0.2, 0) is 6.54 Å². The second-order valence-electron chi connectivity index (χ2n) is 7.62. The molecule has 2 aromatic carbocycles. The molecule has 4 aromatic rings. The predicted molar refractivity (Wildman–Crippen MR) is 123 cm³/mol. The van der Waals surface area contributed by atoms with Crippen molar-refractivity contribution < 1.29 is 0 Å². The van der Waals surface area contributed by atoms with Crippen molar-refractivity contribution in [1.29, 1.82) is 5.26 Å². The van der Waals surface area contributed by atoms with E-state index in [0.717, 1.165) is 32.9 Å². The van der Waals surface area contributed by atoms with E-state index in [1.165, 1.54) is 11.3 Å².